The van der Waals surface area contributed by atoms with Gasteiger partial charge in [0.15, 0.2) is 0 Å². The molecule has 0 radical (unpaired) electrons. The Morgan fingerprint density at radius 3 is 2.58 bits per heavy atom. The number of hydrogen-bond acceptors (Lipinski definition) is 7. The molecule has 3 aromatic rings. The third kappa shape index (κ3) is 4.48. The molecule has 1 amide bonds. The molecule has 31 heavy (non-hydrogen) atoms. The summed E-state index contributed by atoms with van der Waals surface area (Å²) in [6, 6.07) is 8.38. The van der Waals surface area contributed by atoms with Gasteiger partial charge in [0.1, 0.15) is 29.8 Å². The average Bonchev–Trinajstić information content (AvgIpc) is 2.73. The minimum Gasteiger partial charge on any atom is -0.491 e. The van der Waals surface area contributed by atoms with Crippen molar-refractivity contribution in [3.05, 3.63) is 53.6 Å². The third-order valence-corrected chi connectivity index (χ3v) is 5.22. The molecule has 162 valence electrons. The van der Waals surface area contributed by atoms with E-state index in [0.717, 1.165) is 12.1 Å². The summed E-state index contributed by atoms with van der Waals surface area (Å²) >= 11 is 0. The van der Waals surface area contributed by atoms with Gasteiger partial charge in [-0.15, -0.1) is 0 Å². The molecule has 8 nitrogen and oxygen atoms in total. The van der Waals surface area contributed by atoms with Crippen LogP contribution in [-0.2, 0) is 0 Å². The normalized spacial score (nSPS) is 14.7. The van der Waals surface area contributed by atoms with E-state index in [2.05, 4.69) is 14.9 Å². The second kappa shape index (κ2) is 8.68. The van der Waals surface area contributed by atoms with E-state index in [1.54, 1.807) is 17.0 Å². The maximum absolute atomic E-state index is 13.9. The Morgan fingerprint density at radius 2 is 1.84 bits per heavy atom. The zero-order valence-electron chi connectivity index (χ0n) is 16.7. The van der Waals surface area contributed by atoms with Crippen LogP contribution in [-0.4, -0.2) is 65.0 Å². The highest BCUT2D eigenvalue weighted by atomic mass is 19.1. The van der Waals surface area contributed by atoms with Gasteiger partial charge < -0.3 is 21.1 Å². The summed E-state index contributed by atoms with van der Waals surface area (Å²) in [6.07, 6.45) is 0. The molecule has 0 spiro atoms. The molecule has 0 atom stereocenters. The highest BCUT2D eigenvalue weighted by Gasteiger charge is 2.24. The molecule has 0 bridgehead atoms. The molecule has 4 N–H and O–H groups in total. The van der Waals surface area contributed by atoms with E-state index >= 15 is 0 Å². The first-order valence-corrected chi connectivity index (χ1v) is 9.83. The minimum absolute atomic E-state index is 0.107. The lowest BCUT2D eigenvalue weighted by atomic mass is 10.1. The van der Waals surface area contributed by atoms with Crippen LogP contribution in [0, 0.1) is 11.6 Å². The van der Waals surface area contributed by atoms with E-state index in [1.165, 1.54) is 6.07 Å². The van der Waals surface area contributed by atoms with Crippen molar-refractivity contribution >= 4 is 28.6 Å². The number of fused-ring (bicyclic) bond motifs is 1. The van der Waals surface area contributed by atoms with Crippen molar-refractivity contribution in [2.75, 3.05) is 50.8 Å². The molecular weight excluding hydrogens is 406 g/mol. The SMILES string of the molecule is Nc1nc(N)c2c(OCCN3CCN(C(=O)c4ccc(F)cc4F)CC3)cccc2n1. The van der Waals surface area contributed by atoms with Crippen molar-refractivity contribution in [3.63, 3.8) is 0 Å². The maximum Gasteiger partial charge on any atom is 0.256 e. The Bertz CT molecular complexity index is 1120. The lowest BCUT2D eigenvalue weighted by molar-refractivity contribution is 0.0616. The van der Waals surface area contributed by atoms with E-state index in [9.17, 15) is 13.6 Å². The highest BCUT2D eigenvalue weighted by molar-refractivity contribution is 5.95. The van der Waals surface area contributed by atoms with Gasteiger partial charge >= 0.3 is 0 Å². The van der Waals surface area contributed by atoms with Crippen molar-refractivity contribution < 1.29 is 18.3 Å². The van der Waals surface area contributed by atoms with Crippen LogP contribution < -0.4 is 16.2 Å². The van der Waals surface area contributed by atoms with Crippen molar-refractivity contribution in [1.29, 1.82) is 0 Å². The van der Waals surface area contributed by atoms with Gasteiger partial charge in [0, 0.05) is 38.8 Å². The van der Waals surface area contributed by atoms with Gasteiger partial charge in [-0.2, -0.15) is 4.98 Å². The van der Waals surface area contributed by atoms with Crippen LogP contribution in [0.4, 0.5) is 20.5 Å². The number of anilines is 2. The molecule has 1 saturated heterocycles. The summed E-state index contributed by atoms with van der Waals surface area (Å²) in [5.41, 5.74) is 12.1. The number of aromatic nitrogens is 2. The molecule has 4 rings (SSSR count). The number of nitrogen functional groups attached to an aromatic ring is 2. The first-order chi connectivity index (χ1) is 14.9. The van der Waals surface area contributed by atoms with Gasteiger partial charge in [-0.3, -0.25) is 9.69 Å². The third-order valence-electron chi connectivity index (χ3n) is 5.22. The summed E-state index contributed by atoms with van der Waals surface area (Å²) in [7, 11) is 0. The second-order valence-electron chi connectivity index (χ2n) is 7.22. The number of ether oxygens (including phenoxy) is 1. The quantitative estimate of drug-likeness (QED) is 0.639. The number of amides is 1. The van der Waals surface area contributed by atoms with Gasteiger partial charge in [-0.05, 0) is 24.3 Å². The van der Waals surface area contributed by atoms with E-state index in [1.807, 2.05) is 6.07 Å². The number of piperazine rings is 1. The number of carbonyl (C=O) groups excluding carboxylic acids is 1. The molecule has 0 saturated carbocycles. The number of halogens is 2. The van der Waals surface area contributed by atoms with Crippen molar-refractivity contribution in [2.45, 2.75) is 0 Å². The van der Waals surface area contributed by atoms with Gasteiger partial charge in [0.2, 0.25) is 5.95 Å². The average molecular weight is 428 g/mol. The molecule has 2 heterocycles. The molecule has 1 fully saturated rings. The standard InChI is InChI=1S/C21H22F2N6O2/c22-13-4-5-14(15(23)12-13)20(30)29-8-6-28(7-9-29)10-11-31-17-3-1-2-16-18(17)19(24)27-21(25)26-16/h1-5,12H,6-11H2,(H4,24,25,26,27). The highest BCUT2D eigenvalue weighted by Crippen LogP contribution is 2.29. The molecular formula is C21H22F2N6O2. The summed E-state index contributed by atoms with van der Waals surface area (Å²) in [5, 5.41) is 0.619. The van der Waals surface area contributed by atoms with Crippen LogP contribution in [0.3, 0.4) is 0 Å². The smallest absolute Gasteiger partial charge is 0.256 e. The number of nitrogens with zero attached hydrogens (tertiary/aromatic N) is 4. The zero-order valence-corrected chi connectivity index (χ0v) is 16.7. The fourth-order valence-corrected chi connectivity index (χ4v) is 3.61. The van der Waals surface area contributed by atoms with E-state index < -0.39 is 17.5 Å². The predicted molar refractivity (Wildman–Crippen MR) is 113 cm³/mol. The Labute approximate surface area is 177 Å². The summed E-state index contributed by atoms with van der Waals surface area (Å²) in [4.78, 5) is 24.4. The molecule has 2 aromatic carbocycles. The second-order valence-corrected chi connectivity index (χ2v) is 7.22. The number of rotatable bonds is 5. The molecule has 1 aromatic heterocycles. The minimum atomic E-state index is -0.846. The Kier molecular flexibility index (Phi) is 5.81. The van der Waals surface area contributed by atoms with Gasteiger partial charge in [-0.1, -0.05) is 6.07 Å². The van der Waals surface area contributed by atoms with Gasteiger partial charge in [0.05, 0.1) is 16.5 Å². The molecule has 10 heteroatoms. The van der Waals surface area contributed by atoms with Crippen LogP contribution >= 0.6 is 0 Å². The summed E-state index contributed by atoms with van der Waals surface area (Å²) in [5.74, 6) is -1.04. The summed E-state index contributed by atoms with van der Waals surface area (Å²) < 4.78 is 32.9. The van der Waals surface area contributed by atoms with Crippen LogP contribution in [0.15, 0.2) is 36.4 Å². The van der Waals surface area contributed by atoms with Crippen molar-refractivity contribution in [3.8, 4) is 5.75 Å². The Hall–Kier alpha value is -3.53. The van der Waals surface area contributed by atoms with Crippen LogP contribution in [0.2, 0.25) is 0 Å². The Morgan fingerprint density at radius 1 is 1.06 bits per heavy atom. The maximum atomic E-state index is 13.9. The number of hydrogen-bond donors (Lipinski definition) is 2. The lowest BCUT2D eigenvalue weighted by Crippen LogP contribution is -2.49. The topological polar surface area (TPSA) is 111 Å². The zero-order chi connectivity index (χ0) is 22.0. The fraction of sp³-hybridized carbons (Fsp3) is 0.286. The van der Waals surface area contributed by atoms with Crippen LogP contribution in [0.25, 0.3) is 10.9 Å². The fourth-order valence-electron chi connectivity index (χ4n) is 3.61. The van der Waals surface area contributed by atoms with Crippen molar-refractivity contribution in [1.82, 2.24) is 19.8 Å². The van der Waals surface area contributed by atoms with Gasteiger partial charge in [-0.25, -0.2) is 13.8 Å². The van der Waals surface area contributed by atoms with Crippen LogP contribution in [0.1, 0.15) is 10.4 Å². The van der Waals surface area contributed by atoms with Gasteiger partial charge in [0.25, 0.3) is 5.91 Å². The number of nitrogens with two attached hydrogens (primary N) is 2. The largest absolute Gasteiger partial charge is 0.491 e. The monoisotopic (exact) mass is 428 g/mol. The molecule has 0 unspecified atom stereocenters. The lowest BCUT2D eigenvalue weighted by Gasteiger charge is -2.34. The first kappa shape index (κ1) is 20.7. The Balaban J connectivity index is 1.31. The molecule has 1 aliphatic heterocycles. The van der Waals surface area contributed by atoms with Crippen LogP contribution in [0.5, 0.6) is 5.75 Å². The molecule has 0 aliphatic carbocycles. The first-order valence-electron chi connectivity index (χ1n) is 9.83. The van der Waals surface area contributed by atoms with E-state index in [-0.39, 0.29) is 17.3 Å². The summed E-state index contributed by atoms with van der Waals surface area (Å²) in [6.45, 7) is 3.18. The van der Waals surface area contributed by atoms with E-state index in [4.69, 9.17) is 16.2 Å². The molecule has 1 aliphatic rings. The predicted octanol–water partition coefficient (Wildman–Crippen LogP) is 1.91. The van der Waals surface area contributed by atoms with E-state index in [0.29, 0.717) is 56.0 Å². The van der Waals surface area contributed by atoms with Crippen molar-refractivity contribution in [2.24, 2.45) is 0 Å². The number of carbonyl (C=O) groups is 1. The number of benzene rings is 2.